The molecule has 1 heterocycles. The van der Waals surface area contributed by atoms with Gasteiger partial charge in [0.05, 0.1) is 21.3 Å². The highest BCUT2D eigenvalue weighted by Crippen LogP contribution is 2.38. The van der Waals surface area contributed by atoms with Crippen molar-refractivity contribution in [1.29, 1.82) is 0 Å². The number of rotatable bonds is 6. The lowest BCUT2D eigenvalue weighted by atomic mass is 10.2. The smallest absolute Gasteiger partial charge is 0.373 e. The van der Waals surface area contributed by atoms with E-state index in [2.05, 4.69) is 4.74 Å². The van der Waals surface area contributed by atoms with Gasteiger partial charge in [0.15, 0.2) is 11.5 Å². The quantitative estimate of drug-likeness (QED) is 0.764. The first-order valence-corrected chi connectivity index (χ1v) is 6.61. The van der Waals surface area contributed by atoms with E-state index in [1.165, 1.54) is 13.2 Å². The van der Waals surface area contributed by atoms with E-state index in [1.54, 1.807) is 20.3 Å². The van der Waals surface area contributed by atoms with Crippen LogP contribution in [0.2, 0.25) is 0 Å². The Balaban J connectivity index is 2.17. The normalized spacial score (nSPS) is 10.2. The molecule has 0 N–H and O–H groups in total. The van der Waals surface area contributed by atoms with Gasteiger partial charge < -0.3 is 23.4 Å². The molecule has 0 aliphatic carbocycles. The highest BCUT2D eigenvalue weighted by molar-refractivity contribution is 5.86. The summed E-state index contributed by atoms with van der Waals surface area (Å²) in [6.45, 7) is 2.07. The molecule has 1 aromatic carbocycles. The average molecular weight is 306 g/mol. The van der Waals surface area contributed by atoms with Gasteiger partial charge in [0.25, 0.3) is 0 Å². The lowest BCUT2D eigenvalue weighted by Crippen LogP contribution is -2.01. The molecule has 0 unspecified atom stereocenters. The Morgan fingerprint density at radius 1 is 1.09 bits per heavy atom. The van der Waals surface area contributed by atoms with Crippen LogP contribution in [0.1, 0.15) is 21.9 Å². The minimum Gasteiger partial charge on any atom is -0.493 e. The van der Waals surface area contributed by atoms with E-state index in [1.807, 2.05) is 19.1 Å². The van der Waals surface area contributed by atoms with Crippen molar-refractivity contribution in [2.24, 2.45) is 0 Å². The van der Waals surface area contributed by atoms with E-state index in [9.17, 15) is 4.79 Å². The predicted octanol–water partition coefficient (Wildman–Crippen LogP) is 2.97. The van der Waals surface area contributed by atoms with Crippen LogP contribution in [0.15, 0.2) is 28.7 Å². The van der Waals surface area contributed by atoms with Crippen molar-refractivity contribution < 1.29 is 28.2 Å². The van der Waals surface area contributed by atoms with Crippen molar-refractivity contribution in [3.05, 3.63) is 41.3 Å². The molecule has 22 heavy (non-hydrogen) atoms. The van der Waals surface area contributed by atoms with Crippen molar-refractivity contribution in [2.45, 2.75) is 13.5 Å². The number of hydrogen-bond acceptors (Lipinski definition) is 6. The van der Waals surface area contributed by atoms with E-state index < -0.39 is 5.97 Å². The lowest BCUT2D eigenvalue weighted by molar-refractivity contribution is 0.0560. The number of benzene rings is 1. The largest absolute Gasteiger partial charge is 0.493 e. The van der Waals surface area contributed by atoms with Gasteiger partial charge in [0, 0.05) is 0 Å². The Hall–Kier alpha value is -2.63. The van der Waals surface area contributed by atoms with Crippen molar-refractivity contribution in [2.75, 3.05) is 21.3 Å². The second-order valence-corrected chi connectivity index (χ2v) is 4.54. The van der Waals surface area contributed by atoms with Crippen LogP contribution in [0.5, 0.6) is 17.2 Å². The van der Waals surface area contributed by atoms with Crippen LogP contribution in [0.3, 0.4) is 0 Å². The van der Waals surface area contributed by atoms with Gasteiger partial charge in [0.2, 0.25) is 11.5 Å². The van der Waals surface area contributed by atoms with Crippen molar-refractivity contribution in [1.82, 2.24) is 0 Å². The van der Waals surface area contributed by atoms with Gasteiger partial charge in [-0.3, -0.25) is 0 Å². The van der Waals surface area contributed by atoms with Crippen LogP contribution in [0, 0.1) is 6.92 Å². The summed E-state index contributed by atoms with van der Waals surface area (Å²) in [5.41, 5.74) is 0.993. The number of carbonyl (C=O) groups is 1. The summed E-state index contributed by atoms with van der Waals surface area (Å²) in [7, 11) is 4.41. The summed E-state index contributed by atoms with van der Waals surface area (Å²) < 4.78 is 26.3. The van der Waals surface area contributed by atoms with Gasteiger partial charge in [-0.2, -0.15) is 0 Å². The maximum Gasteiger partial charge on any atom is 0.373 e. The molecule has 0 spiro atoms. The SMILES string of the molecule is COC(=O)c1ccc(COc2c(OC)cc(C)cc2OC)o1. The summed E-state index contributed by atoms with van der Waals surface area (Å²) in [5.74, 6) is 1.70. The Morgan fingerprint density at radius 3 is 2.27 bits per heavy atom. The summed E-state index contributed by atoms with van der Waals surface area (Å²) in [6, 6.07) is 6.88. The van der Waals surface area contributed by atoms with Gasteiger partial charge in [-0.25, -0.2) is 4.79 Å². The van der Waals surface area contributed by atoms with Gasteiger partial charge in [-0.05, 0) is 36.8 Å². The van der Waals surface area contributed by atoms with Gasteiger partial charge >= 0.3 is 5.97 Å². The monoisotopic (exact) mass is 306 g/mol. The Bertz CT molecular complexity index is 633. The number of methoxy groups -OCH3 is 3. The molecular formula is C16H18O6. The molecule has 0 saturated carbocycles. The molecule has 0 saturated heterocycles. The van der Waals surface area contributed by atoms with Crippen LogP contribution < -0.4 is 14.2 Å². The number of hydrogen-bond donors (Lipinski definition) is 0. The third-order valence-electron chi connectivity index (χ3n) is 3.01. The molecular weight excluding hydrogens is 288 g/mol. The molecule has 0 radical (unpaired) electrons. The standard InChI is InChI=1S/C16H18O6/c1-10-7-13(18-2)15(14(8-10)19-3)21-9-11-5-6-12(22-11)16(17)20-4/h5-8H,9H2,1-4H3. The zero-order chi connectivity index (χ0) is 16.1. The Morgan fingerprint density at radius 2 is 1.73 bits per heavy atom. The van der Waals surface area contributed by atoms with Crippen molar-refractivity contribution >= 4 is 5.97 Å². The van der Waals surface area contributed by atoms with E-state index in [0.29, 0.717) is 23.0 Å². The minimum atomic E-state index is -0.531. The molecule has 1 aromatic heterocycles. The fraction of sp³-hybridized carbons (Fsp3) is 0.312. The van der Waals surface area contributed by atoms with Crippen LogP contribution in [0.4, 0.5) is 0 Å². The van der Waals surface area contributed by atoms with Crippen molar-refractivity contribution in [3.8, 4) is 17.2 Å². The first-order chi connectivity index (χ1) is 10.6. The fourth-order valence-corrected chi connectivity index (χ4v) is 1.96. The van der Waals surface area contributed by atoms with Gasteiger partial charge in [-0.15, -0.1) is 0 Å². The first kappa shape index (κ1) is 15.8. The summed E-state index contributed by atoms with van der Waals surface area (Å²) in [5, 5.41) is 0. The third kappa shape index (κ3) is 3.33. The lowest BCUT2D eigenvalue weighted by Gasteiger charge is -2.14. The van der Waals surface area contributed by atoms with E-state index in [0.717, 1.165) is 5.56 Å². The molecule has 0 fully saturated rings. The highest BCUT2D eigenvalue weighted by atomic mass is 16.5. The molecule has 0 amide bonds. The number of carbonyl (C=O) groups excluding carboxylic acids is 1. The molecule has 6 nitrogen and oxygen atoms in total. The maximum absolute atomic E-state index is 11.3. The van der Waals surface area contributed by atoms with Gasteiger partial charge in [-0.1, -0.05) is 0 Å². The first-order valence-electron chi connectivity index (χ1n) is 6.61. The third-order valence-corrected chi connectivity index (χ3v) is 3.01. The van der Waals surface area contributed by atoms with E-state index >= 15 is 0 Å². The van der Waals surface area contributed by atoms with Crippen LogP contribution >= 0.6 is 0 Å². The maximum atomic E-state index is 11.3. The number of ether oxygens (including phenoxy) is 4. The van der Waals surface area contributed by atoms with Crippen molar-refractivity contribution in [3.63, 3.8) is 0 Å². The summed E-state index contributed by atoms with van der Waals surface area (Å²) in [6.07, 6.45) is 0. The fourth-order valence-electron chi connectivity index (χ4n) is 1.96. The van der Waals surface area contributed by atoms with Crippen LogP contribution in [-0.4, -0.2) is 27.3 Å². The topological polar surface area (TPSA) is 67.1 Å². The van der Waals surface area contributed by atoms with E-state index in [4.69, 9.17) is 18.6 Å². The average Bonchev–Trinajstić information content (AvgIpc) is 3.00. The van der Waals surface area contributed by atoms with Crippen LogP contribution in [0.25, 0.3) is 0 Å². The number of esters is 1. The number of furan rings is 1. The second-order valence-electron chi connectivity index (χ2n) is 4.54. The minimum absolute atomic E-state index is 0.129. The molecule has 0 atom stereocenters. The molecule has 0 bridgehead atoms. The Kier molecular flexibility index (Phi) is 4.93. The van der Waals surface area contributed by atoms with Crippen LogP contribution in [-0.2, 0) is 11.3 Å². The zero-order valence-corrected chi connectivity index (χ0v) is 13.0. The summed E-state index contributed by atoms with van der Waals surface area (Å²) in [4.78, 5) is 11.3. The Labute approximate surface area is 128 Å². The van der Waals surface area contributed by atoms with Gasteiger partial charge in [0.1, 0.15) is 12.4 Å². The number of aryl methyl sites for hydroxylation is 1. The molecule has 0 aliphatic heterocycles. The molecule has 2 aromatic rings. The molecule has 6 heteroatoms. The predicted molar refractivity (Wildman–Crippen MR) is 78.7 cm³/mol. The zero-order valence-electron chi connectivity index (χ0n) is 13.0. The molecule has 118 valence electrons. The van der Waals surface area contributed by atoms with E-state index in [-0.39, 0.29) is 12.4 Å². The molecule has 0 aliphatic rings. The molecule has 2 rings (SSSR count). The highest BCUT2D eigenvalue weighted by Gasteiger charge is 2.15. The summed E-state index contributed by atoms with van der Waals surface area (Å²) >= 11 is 0. The second kappa shape index (κ2) is 6.89.